The molecule has 0 saturated carbocycles. The minimum Gasteiger partial charge on any atom is -0.382 e. The van der Waals surface area contributed by atoms with Crippen LogP contribution < -0.4 is 0 Å². The average molecular weight is 324 g/mol. The van der Waals surface area contributed by atoms with E-state index in [1.807, 2.05) is 6.92 Å². The van der Waals surface area contributed by atoms with E-state index in [1.165, 1.54) is 0 Å². The van der Waals surface area contributed by atoms with Crippen LogP contribution in [0.4, 0.5) is 0 Å². The molecule has 2 rings (SSSR count). The molecule has 2 fully saturated rings. The van der Waals surface area contributed by atoms with Crippen LogP contribution in [-0.4, -0.2) is 49.1 Å². The fourth-order valence-corrected chi connectivity index (χ4v) is 5.41. The van der Waals surface area contributed by atoms with Crippen molar-refractivity contribution in [3.63, 3.8) is 0 Å². The molecule has 108 valence electrons. The van der Waals surface area contributed by atoms with Crippen molar-refractivity contribution < 1.29 is 23.2 Å². The van der Waals surface area contributed by atoms with Gasteiger partial charge in [0, 0.05) is 17.5 Å². The van der Waals surface area contributed by atoms with Crippen molar-refractivity contribution in [3.05, 3.63) is 0 Å². The molecular weight excluding hydrogens is 306 g/mol. The Morgan fingerprint density at radius 3 is 2.89 bits per heavy atom. The summed E-state index contributed by atoms with van der Waals surface area (Å²) in [4.78, 5) is 9.67. The van der Waals surface area contributed by atoms with Crippen molar-refractivity contribution in [3.8, 4) is 0 Å². The Hall–Kier alpha value is 0.835. The Bertz CT molecular complexity index is 332. The molecule has 0 aromatic rings. The van der Waals surface area contributed by atoms with Crippen LogP contribution in [-0.2, 0) is 18.3 Å². The number of phosphoric ester groups is 1. The first-order valence-electron chi connectivity index (χ1n) is 6.27. The van der Waals surface area contributed by atoms with Gasteiger partial charge in [-0.15, -0.1) is 0 Å². The van der Waals surface area contributed by atoms with Crippen molar-refractivity contribution >= 4 is 37.3 Å². The Morgan fingerprint density at radius 1 is 1.53 bits per heavy atom. The van der Waals surface area contributed by atoms with Crippen LogP contribution in [0.5, 0.6) is 0 Å². The highest BCUT2D eigenvalue weighted by Gasteiger charge is 2.33. The van der Waals surface area contributed by atoms with Gasteiger partial charge in [0.15, 0.2) is 0 Å². The number of ether oxygens (including phenoxy) is 1. The van der Waals surface area contributed by atoms with E-state index in [2.05, 4.69) is 0 Å². The van der Waals surface area contributed by atoms with E-state index in [0.29, 0.717) is 5.75 Å². The maximum atomic E-state index is 11.8. The van der Waals surface area contributed by atoms with E-state index in [4.69, 9.17) is 21.6 Å². The number of hydrogen-bond acceptors (Lipinski definition) is 6. The molecule has 5 atom stereocenters. The fraction of sp³-hybridized carbons (Fsp3) is 1.00. The zero-order valence-corrected chi connectivity index (χ0v) is 13.3. The van der Waals surface area contributed by atoms with Gasteiger partial charge in [-0.1, -0.05) is 28.5 Å². The van der Waals surface area contributed by atoms with Crippen molar-refractivity contribution in [2.24, 2.45) is 5.92 Å². The lowest BCUT2D eigenvalue weighted by Gasteiger charge is -2.23. The van der Waals surface area contributed by atoms with Crippen molar-refractivity contribution in [1.29, 1.82) is 0 Å². The Balaban J connectivity index is 1.73. The summed E-state index contributed by atoms with van der Waals surface area (Å²) >= 11 is 0. The third kappa shape index (κ3) is 5.27. The summed E-state index contributed by atoms with van der Waals surface area (Å²) in [5.74, 6) is 1.87. The molecule has 2 radical (unpaired) electrons. The topological polar surface area (TPSA) is 65.0 Å². The van der Waals surface area contributed by atoms with E-state index in [-0.39, 0.29) is 30.7 Å². The van der Waals surface area contributed by atoms with Gasteiger partial charge in [0.1, 0.15) is 7.85 Å². The molecule has 1 unspecified atom stereocenters. The normalized spacial score (nSPS) is 39.1. The first-order valence-corrected chi connectivity index (χ1v) is 10.3. The average Bonchev–Trinajstić information content (AvgIpc) is 2.67. The van der Waals surface area contributed by atoms with Gasteiger partial charge < -0.3 is 9.63 Å². The van der Waals surface area contributed by atoms with Crippen LogP contribution in [0.2, 0.25) is 0 Å². The second-order valence-electron chi connectivity index (χ2n) is 4.82. The van der Waals surface area contributed by atoms with Gasteiger partial charge in [0.25, 0.3) is 0 Å². The summed E-state index contributed by atoms with van der Waals surface area (Å²) in [6, 6.07) is -0.320. The lowest BCUT2D eigenvalue weighted by Crippen LogP contribution is -2.21. The first-order chi connectivity index (χ1) is 8.96. The molecule has 0 amide bonds. The minimum absolute atomic E-state index is 0.0421. The second-order valence-corrected chi connectivity index (χ2v) is 8.86. The number of rotatable bonds is 5. The second kappa shape index (κ2) is 7.21. The van der Waals surface area contributed by atoms with Crippen molar-refractivity contribution in [2.75, 3.05) is 18.1 Å². The highest BCUT2D eigenvalue weighted by Crippen LogP contribution is 2.47. The first kappa shape index (κ1) is 16.2. The molecule has 2 aliphatic heterocycles. The SMILES string of the molecule is [B][C@@H]1O[C@H](COP(=O)(O)O[C@@H]2CCSSC2)C[C@@H]1C. The highest BCUT2D eigenvalue weighted by molar-refractivity contribution is 8.76. The van der Waals surface area contributed by atoms with E-state index >= 15 is 0 Å². The molecule has 2 saturated heterocycles. The molecule has 1 N–H and O–H groups in total. The third-order valence-electron chi connectivity index (χ3n) is 3.11. The van der Waals surface area contributed by atoms with E-state index in [0.717, 1.165) is 18.6 Å². The Morgan fingerprint density at radius 2 is 2.32 bits per heavy atom. The van der Waals surface area contributed by atoms with Crippen molar-refractivity contribution in [2.45, 2.75) is 38.0 Å². The number of hydrogen-bond donors (Lipinski definition) is 1. The van der Waals surface area contributed by atoms with Gasteiger partial charge in [-0.05, 0) is 18.8 Å². The minimum atomic E-state index is -4.00. The molecule has 2 aliphatic rings. The zero-order valence-electron chi connectivity index (χ0n) is 10.8. The predicted octanol–water partition coefficient (Wildman–Crippen LogP) is 2.19. The van der Waals surface area contributed by atoms with E-state index in [9.17, 15) is 9.46 Å². The van der Waals surface area contributed by atoms with Crippen LogP contribution in [0.1, 0.15) is 19.8 Å². The van der Waals surface area contributed by atoms with Crippen LogP contribution in [0, 0.1) is 5.92 Å². The van der Waals surface area contributed by atoms with Gasteiger partial charge in [-0.3, -0.25) is 9.05 Å². The predicted molar refractivity (Wildman–Crippen MR) is 78.4 cm³/mol. The van der Waals surface area contributed by atoms with Gasteiger partial charge in [-0.2, -0.15) is 0 Å². The molecule has 0 bridgehead atoms. The zero-order chi connectivity index (χ0) is 13.9. The van der Waals surface area contributed by atoms with Crippen LogP contribution >= 0.6 is 29.4 Å². The Kier molecular flexibility index (Phi) is 6.15. The van der Waals surface area contributed by atoms with Crippen molar-refractivity contribution in [1.82, 2.24) is 0 Å². The summed E-state index contributed by atoms with van der Waals surface area (Å²) in [6.45, 7) is 2.02. The molecule has 5 nitrogen and oxygen atoms in total. The van der Waals surface area contributed by atoms with Crippen LogP contribution in [0.15, 0.2) is 0 Å². The van der Waals surface area contributed by atoms with Gasteiger partial charge in [-0.25, -0.2) is 4.57 Å². The molecule has 0 aliphatic carbocycles. The monoisotopic (exact) mass is 324 g/mol. The molecule has 0 aromatic heterocycles. The van der Waals surface area contributed by atoms with Crippen LogP contribution in [0.3, 0.4) is 0 Å². The van der Waals surface area contributed by atoms with E-state index in [1.54, 1.807) is 21.6 Å². The molecule has 2 heterocycles. The summed E-state index contributed by atoms with van der Waals surface area (Å²) < 4.78 is 27.4. The summed E-state index contributed by atoms with van der Waals surface area (Å²) in [7, 11) is 5.12. The fourth-order valence-electron chi connectivity index (χ4n) is 1.99. The maximum absolute atomic E-state index is 11.8. The molecule has 0 spiro atoms. The Labute approximate surface area is 122 Å². The molecule has 19 heavy (non-hydrogen) atoms. The lowest BCUT2D eigenvalue weighted by atomic mass is 9.88. The largest absolute Gasteiger partial charge is 0.472 e. The summed E-state index contributed by atoms with van der Waals surface area (Å²) in [6.07, 6.45) is 1.06. The summed E-state index contributed by atoms with van der Waals surface area (Å²) in [5.41, 5.74) is 0. The standard InChI is InChI=1S/C10H18BO5PS2/c1-7-4-9(15-10(7)11)5-14-17(12,13)16-8-2-3-18-19-6-8/h7-10H,2-6H2,1H3,(H,12,13)/t7-,8+,9-,10+/m0/s1. The van der Waals surface area contributed by atoms with Gasteiger partial charge in [0.2, 0.25) is 0 Å². The third-order valence-corrected chi connectivity index (χ3v) is 6.64. The number of phosphoric acid groups is 1. The quantitative estimate of drug-likeness (QED) is 0.472. The van der Waals surface area contributed by atoms with Gasteiger partial charge in [0.05, 0.1) is 18.8 Å². The molecular formula is C10H18BO5PS2. The molecule has 0 aromatic carbocycles. The maximum Gasteiger partial charge on any atom is 0.472 e. The molecule has 9 heteroatoms. The summed E-state index contributed by atoms with van der Waals surface area (Å²) in [5, 5.41) is 0. The van der Waals surface area contributed by atoms with E-state index < -0.39 is 7.82 Å². The smallest absolute Gasteiger partial charge is 0.382 e. The highest BCUT2D eigenvalue weighted by atomic mass is 33.1. The van der Waals surface area contributed by atoms with Gasteiger partial charge >= 0.3 is 7.82 Å². The van der Waals surface area contributed by atoms with Crippen LogP contribution in [0.25, 0.3) is 0 Å². The lowest BCUT2D eigenvalue weighted by molar-refractivity contribution is 0.0280.